The summed E-state index contributed by atoms with van der Waals surface area (Å²) in [6.45, 7) is 3.08. The first-order chi connectivity index (χ1) is 7.84. The van der Waals surface area contributed by atoms with Crippen LogP contribution in [0.25, 0.3) is 0 Å². The highest BCUT2D eigenvalue weighted by molar-refractivity contribution is 7.09. The molecule has 1 aromatic heterocycles. The van der Waals surface area contributed by atoms with Gasteiger partial charge in [-0.1, -0.05) is 30.3 Å². The lowest BCUT2D eigenvalue weighted by Gasteiger charge is -2.12. The van der Waals surface area contributed by atoms with E-state index >= 15 is 0 Å². The molecule has 2 nitrogen and oxygen atoms in total. The standard InChI is InChI=1S/C13H16N2S/c1-11(9-12-5-3-2-4-6-12)15-10-13-14-7-8-16-13/h2-8,11,15H,9-10H2,1H3. The third kappa shape index (κ3) is 3.43. The van der Waals surface area contributed by atoms with Crippen molar-refractivity contribution >= 4 is 11.3 Å². The summed E-state index contributed by atoms with van der Waals surface area (Å²) in [5.74, 6) is 0. The largest absolute Gasteiger partial charge is 0.308 e. The molecule has 3 heteroatoms. The molecule has 1 aromatic carbocycles. The Morgan fingerprint density at radius 2 is 2.12 bits per heavy atom. The average molecular weight is 232 g/mol. The molecule has 2 rings (SSSR count). The number of nitrogens with zero attached hydrogens (tertiary/aromatic N) is 1. The van der Waals surface area contributed by atoms with E-state index < -0.39 is 0 Å². The van der Waals surface area contributed by atoms with Crippen LogP contribution in [-0.4, -0.2) is 11.0 Å². The molecular formula is C13H16N2S. The molecule has 16 heavy (non-hydrogen) atoms. The Morgan fingerprint density at radius 1 is 1.31 bits per heavy atom. The molecule has 0 bridgehead atoms. The van der Waals surface area contributed by atoms with Crippen molar-refractivity contribution in [3.63, 3.8) is 0 Å². The molecule has 0 aliphatic carbocycles. The molecule has 1 atom stereocenters. The van der Waals surface area contributed by atoms with Crippen LogP contribution in [0, 0.1) is 0 Å². The molecule has 2 aromatic rings. The van der Waals surface area contributed by atoms with Gasteiger partial charge in [-0.15, -0.1) is 11.3 Å². The smallest absolute Gasteiger partial charge is 0.106 e. The van der Waals surface area contributed by atoms with Gasteiger partial charge in [-0.05, 0) is 18.9 Å². The highest BCUT2D eigenvalue weighted by Gasteiger charge is 2.03. The fourth-order valence-corrected chi connectivity index (χ4v) is 2.21. The summed E-state index contributed by atoms with van der Waals surface area (Å²) in [5.41, 5.74) is 1.38. The Hall–Kier alpha value is -1.19. The van der Waals surface area contributed by atoms with E-state index in [9.17, 15) is 0 Å². The number of benzene rings is 1. The van der Waals surface area contributed by atoms with Gasteiger partial charge in [0, 0.05) is 24.2 Å². The highest BCUT2D eigenvalue weighted by atomic mass is 32.1. The van der Waals surface area contributed by atoms with E-state index in [0.29, 0.717) is 6.04 Å². The zero-order valence-corrected chi connectivity index (χ0v) is 10.2. The van der Waals surface area contributed by atoms with E-state index in [-0.39, 0.29) is 0 Å². The van der Waals surface area contributed by atoms with Crippen molar-refractivity contribution in [1.29, 1.82) is 0 Å². The molecular weight excluding hydrogens is 216 g/mol. The number of aromatic nitrogens is 1. The Kier molecular flexibility index (Phi) is 4.08. The van der Waals surface area contributed by atoms with Crippen LogP contribution in [0.1, 0.15) is 17.5 Å². The molecule has 0 saturated heterocycles. The predicted molar refractivity (Wildman–Crippen MR) is 68.6 cm³/mol. The number of thiazole rings is 1. The summed E-state index contributed by atoms with van der Waals surface area (Å²) in [6.07, 6.45) is 2.91. The summed E-state index contributed by atoms with van der Waals surface area (Å²) in [5, 5.41) is 6.65. The summed E-state index contributed by atoms with van der Waals surface area (Å²) in [6, 6.07) is 11.0. The van der Waals surface area contributed by atoms with Gasteiger partial charge in [0.25, 0.3) is 0 Å². The predicted octanol–water partition coefficient (Wildman–Crippen LogP) is 2.86. The highest BCUT2D eigenvalue weighted by Crippen LogP contribution is 2.06. The monoisotopic (exact) mass is 232 g/mol. The van der Waals surface area contributed by atoms with Gasteiger partial charge in [-0.2, -0.15) is 0 Å². The van der Waals surface area contributed by atoms with Crippen molar-refractivity contribution in [3.05, 3.63) is 52.5 Å². The lowest BCUT2D eigenvalue weighted by molar-refractivity contribution is 0.544. The maximum Gasteiger partial charge on any atom is 0.106 e. The van der Waals surface area contributed by atoms with Crippen LogP contribution in [0.5, 0.6) is 0 Å². The van der Waals surface area contributed by atoms with E-state index in [0.717, 1.165) is 18.0 Å². The first-order valence-electron chi connectivity index (χ1n) is 5.50. The van der Waals surface area contributed by atoms with Gasteiger partial charge >= 0.3 is 0 Å². The van der Waals surface area contributed by atoms with Crippen LogP contribution in [-0.2, 0) is 13.0 Å². The molecule has 1 heterocycles. The van der Waals surface area contributed by atoms with E-state index in [4.69, 9.17) is 0 Å². The second kappa shape index (κ2) is 5.77. The summed E-state index contributed by atoms with van der Waals surface area (Å²) >= 11 is 1.70. The zero-order chi connectivity index (χ0) is 11.2. The molecule has 1 N–H and O–H groups in total. The van der Waals surface area contributed by atoms with Crippen molar-refractivity contribution in [2.75, 3.05) is 0 Å². The Balaban J connectivity index is 1.78. The number of hydrogen-bond donors (Lipinski definition) is 1. The normalized spacial score (nSPS) is 12.6. The first kappa shape index (κ1) is 11.3. The summed E-state index contributed by atoms with van der Waals surface area (Å²) < 4.78 is 0. The topological polar surface area (TPSA) is 24.9 Å². The van der Waals surface area contributed by atoms with Crippen LogP contribution in [0.15, 0.2) is 41.9 Å². The molecule has 0 spiro atoms. The van der Waals surface area contributed by atoms with Gasteiger partial charge in [0.05, 0.1) is 0 Å². The van der Waals surface area contributed by atoms with E-state index in [1.165, 1.54) is 5.56 Å². The SMILES string of the molecule is CC(Cc1ccccc1)NCc1nccs1. The maximum atomic E-state index is 4.25. The maximum absolute atomic E-state index is 4.25. The van der Waals surface area contributed by atoms with Gasteiger partial charge in [0.2, 0.25) is 0 Å². The Bertz CT molecular complexity index is 397. The van der Waals surface area contributed by atoms with E-state index in [2.05, 4.69) is 47.6 Å². The fraction of sp³-hybridized carbons (Fsp3) is 0.308. The molecule has 0 fully saturated rings. The van der Waals surface area contributed by atoms with Crippen molar-refractivity contribution in [1.82, 2.24) is 10.3 Å². The third-order valence-electron chi connectivity index (χ3n) is 2.47. The minimum atomic E-state index is 0.478. The summed E-state index contributed by atoms with van der Waals surface area (Å²) in [4.78, 5) is 4.25. The van der Waals surface area contributed by atoms with Gasteiger partial charge in [0.15, 0.2) is 0 Å². The minimum Gasteiger partial charge on any atom is -0.308 e. The molecule has 0 aliphatic rings. The Labute approximate surface area is 100 Å². The lowest BCUT2D eigenvalue weighted by atomic mass is 10.1. The molecule has 0 radical (unpaired) electrons. The average Bonchev–Trinajstić information content (AvgIpc) is 2.81. The van der Waals surface area contributed by atoms with Gasteiger partial charge in [-0.25, -0.2) is 4.98 Å². The van der Waals surface area contributed by atoms with Crippen LogP contribution in [0.3, 0.4) is 0 Å². The van der Waals surface area contributed by atoms with Crippen molar-refractivity contribution in [2.45, 2.75) is 25.9 Å². The summed E-state index contributed by atoms with van der Waals surface area (Å²) in [7, 11) is 0. The van der Waals surface area contributed by atoms with Crippen LogP contribution >= 0.6 is 11.3 Å². The first-order valence-corrected chi connectivity index (χ1v) is 6.38. The fourth-order valence-electron chi connectivity index (χ4n) is 1.64. The third-order valence-corrected chi connectivity index (χ3v) is 3.25. The lowest BCUT2D eigenvalue weighted by Crippen LogP contribution is -2.27. The molecule has 0 saturated carbocycles. The second-order valence-corrected chi connectivity index (χ2v) is 4.88. The van der Waals surface area contributed by atoms with Crippen LogP contribution in [0.2, 0.25) is 0 Å². The minimum absolute atomic E-state index is 0.478. The second-order valence-electron chi connectivity index (χ2n) is 3.90. The molecule has 1 unspecified atom stereocenters. The number of nitrogens with one attached hydrogen (secondary N) is 1. The molecule has 0 amide bonds. The molecule has 84 valence electrons. The van der Waals surface area contributed by atoms with Crippen molar-refractivity contribution in [2.24, 2.45) is 0 Å². The van der Waals surface area contributed by atoms with Crippen LogP contribution in [0.4, 0.5) is 0 Å². The quantitative estimate of drug-likeness (QED) is 0.857. The van der Waals surface area contributed by atoms with Crippen LogP contribution < -0.4 is 5.32 Å². The number of hydrogen-bond acceptors (Lipinski definition) is 3. The zero-order valence-electron chi connectivity index (χ0n) is 9.39. The van der Waals surface area contributed by atoms with Gasteiger partial charge in [-0.3, -0.25) is 0 Å². The van der Waals surface area contributed by atoms with E-state index in [1.54, 1.807) is 11.3 Å². The number of rotatable bonds is 5. The Morgan fingerprint density at radius 3 is 2.81 bits per heavy atom. The molecule has 0 aliphatic heterocycles. The van der Waals surface area contributed by atoms with E-state index in [1.807, 2.05) is 11.6 Å². The van der Waals surface area contributed by atoms with Gasteiger partial charge in [0.1, 0.15) is 5.01 Å². The van der Waals surface area contributed by atoms with Crippen molar-refractivity contribution < 1.29 is 0 Å². The van der Waals surface area contributed by atoms with Gasteiger partial charge < -0.3 is 5.32 Å². The van der Waals surface area contributed by atoms with Crippen molar-refractivity contribution in [3.8, 4) is 0 Å².